The number of aromatic amines is 1. The summed E-state index contributed by atoms with van der Waals surface area (Å²) >= 11 is 0. The fourth-order valence-corrected chi connectivity index (χ4v) is 3.49. The van der Waals surface area contributed by atoms with Gasteiger partial charge in [-0.1, -0.05) is 0 Å². The first-order valence-corrected chi connectivity index (χ1v) is 8.45. The highest BCUT2D eigenvalue weighted by Crippen LogP contribution is 2.21. The van der Waals surface area contributed by atoms with Crippen LogP contribution in [0.5, 0.6) is 0 Å². The minimum absolute atomic E-state index is 0.171. The molecule has 0 amide bonds. The lowest BCUT2D eigenvalue weighted by atomic mass is 10.1. The summed E-state index contributed by atoms with van der Waals surface area (Å²) in [6.07, 6.45) is 3.64. The van der Waals surface area contributed by atoms with Crippen LogP contribution in [-0.2, 0) is 14.1 Å². The second-order valence-electron chi connectivity index (χ2n) is 6.62. The van der Waals surface area contributed by atoms with Gasteiger partial charge in [0.05, 0.1) is 11.9 Å². The predicted molar refractivity (Wildman–Crippen MR) is 95.9 cm³/mol. The lowest BCUT2D eigenvalue weighted by Crippen LogP contribution is -2.43. The van der Waals surface area contributed by atoms with Crippen molar-refractivity contribution in [1.82, 2.24) is 29.5 Å². The summed E-state index contributed by atoms with van der Waals surface area (Å²) in [5, 5.41) is 12.4. The molecule has 1 aliphatic rings. The van der Waals surface area contributed by atoms with Gasteiger partial charge in [-0.2, -0.15) is 15.2 Å². The van der Waals surface area contributed by atoms with Gasteiger partial charge in [-0.15, -0.1) is 0 Å². The molecule has 9 heteroatoms. The molecule has 25 heavy (non-hydrogen) atoms. The van der Waals surface area contributed by atoms with Crippen LogP contribution in [0.1, 0.15) is 18.5 Å². The van der Waals surface area contributed by atoms with Crippen LogP contribution in [0.2, 0.25) is 0 Å². The first-order chi connectivity index (χ1) is 12.0. The van der Waals surface area contributed by atoms with Crippen LogP contribution in [0.15, 0.2) is 17.1 Å². The van der Waals surface area contributed by atoms with Crippen LogP contribution in [-0.4, -0.2) is 48.7 Å². The molecule has 1 aliphatic heterocycles. The summed E-state index contributed by atoms with van der Waals surface area (Å²) in [5.74, 6) is 1.61. The van der Waals surface area contributed by atoms with E-state index >= 15 is 0 Å². The average molecular weight is 342 g/mol. The molecule has 1 atom stereocenters. The summed E-state index contributed by atoms with van der Waals surface area (Å²) in [7, 11) is 3.75. The van der Waals surface area contributed by atoms with Gasteiger partial charge >= 0.3 is 0 Å². The molecule has 1 saturated heterocycles. The number of piperidine rings is 1. The standard InChI is InChI=1S/C16H22N8O/c1-10-7-13(22(2)21-10)24-6-4-5-11(9-24)18-16-19-14-12(15(25)20-16)8-17-23(14)3/h7-8,11H,4-6,9H2,1-3H3,(H2,18,19,20,25). The third-order valence-corrected chi connectivity index (χ3v) is 4.67. The van der Waals surface area contributed by atoms with E-state index in [4.69, 9.17) is 0 Å². The molecule has 0 saturated carbocycles. The Balaban J connectivity index is 1.55. The molecular weight excluding hydrogens is 320 g/mol. The van der Waals surface area contributed by atoms with E-state index in [1.165, 1.54) is 6.20 Å². The summed E-state index contributed by atoms with van der Waals surface area (Å²) in [6.45, 7) is 3.84. The molecular formula is C16H22N8O. The van der Waals surface area contributed by atoms with Crippen molar-refractivity contribution in [3.8, 4) is 0 Å². The molecule has 3 aromatic rings. The Labute approximate surface area is 144 Å². The summed E-state index contributed by atoms with van der Waals surface area (Å²) in [5.41, 5.74) is 1.43. The zero-order chi connectivity index (χ0) is 17.6. The van der Waals surface area contributed by atoms with E-state index in [0.717, 1.165) is 37.4 Å². The third-order valence-electron chi connectivity index (χ3n) is 4.67. The zero-order valence-corrected chi connectivity index (χ0v) is 14.7. The molecule has 0 aliphatic carbocycles. The van der Waals surface area contributed by atoms with Crippen molar-refractivity contribution in [3.05, 3.63) is 28.3 Å². The normalized spacial score (nSPS) is 18.0. The van der Waals surface area contributed by atoms with Gasteiger partial charge in [0.1, 0.15) is 11.2 Å². The van der Waals surface area contributed by atoms with Gasteiger partial charge in [0.2, 0.25) is 5.95 Å². The summed E-state index contributed by atoms with van der Waals surface area (Å²) in [4.78, 5) is 21.8. The molecule has 1 unspecified atom stereocenters. The van der Waals surface area contributed by atoms with Crippen molar-refractivity contribution in [3.63, 3.8) is 0 Å². The van der Waals surface area contributed by atoms with E-state index in [2.05, 4.69) is 36.4 Å². The summed E-state index contributed by atoms with van der Waals surface area (Å²) < 4.78 is 3.53. The van der Waals surface area contributed by atoms with E-state index in [1.807, 2.05) is 18.7 Å². The van der Waals surface area contributed by atoms with Gasteiger partial charge in [0.15, 0.2) is 5.65 Å². The number of H-pyrrole nitrogens is 1. The average Bonchev–Trinajstić information content (AvgIpc) is 3.11. The molecule has 0 aromatic carbocycles. The van der Waals surface area contributed by atoms with Crippen LogP contribution in [0, 0.1) is 6.92 Å². The molecule has 9 nitrogen and oxygen atoms in total. The minimum Gasteiger partial charge on any atom is -0.355 e. The van der Waals surface area contributed by atoms with E-state index in [9.17, 15) is 4.79 Å². The fourth-order valence-electron chi connectivity index (χ4n) is 3.49. The molecule has 0 radical (unpaired) electrons. The Kier molecular flexibility index (Phi) is 3.70. The summed E-state index contributed by atoms with van der Waals surface area (Å²) in [6, 6.07) is 2.31. The number of aryl methyl sites for hydroxylation is 3. The van der Waals surface area contributed by atoms with Crippen molar-refractivity contribution in [2.75, 3.05) is 23.3 Å². The van der Waals surface area contributed by atoms with Crippen LogP contribution >= 0.6 is 0 Å². The Hall–Kier alpha value is -2.84. The smallest absolute Gasteiger partial charge is 0.263 e. The van der Waals surface area contributed by atoms with Gasteiger partial charge in [-0.05, 0) is 19.8 Å². The second-order valence-corrected chi connectivity index (χ2v) is 6.62. The van der Waals surface area contributed by atoms with Gasteiger partial charge in [-0.3, -0.25) is 19.1 Å². The number of anilines is 2. The molecule has 0 bridgehead atoms. The van der Waals surface area contributed by atoms with Crippen LogP contribution < -0.4 is 15.8 Å². The molecule has 4 rings (SSSR count). The molecule has 3 aromatic heterocycles. The highest BCUT2D eigenvalue weighted by Gasteiger charge is 2.23. The number of rotatable bonds is 3. The van der Waals surface area contributed by atoms with Crippen molar-refractivity contribution >= 4 is 22.8 Å². The lowest BCUT2D eigenvalue weighted by molar-refractivity contribution is 0.516. The quantitative estimate of drug-likeness (QED) is 0.730. The Morgan fingerprint density at radius 3 is 2.92 bits per heavy atom. The zero-order valence-electron chi connectivity index (χ0n) is 14.7. The maximum Gasteiger partial charge on any atom is 0.263 e. The highest BCUT2D eigenvalue weighted by molar-refractivity contribution is 5.74. The van der Waals surface area contributed by atoms with E-state index in [1.54, 1.807) is 11.7 Å². The van der Waals surface area contributed by atoms with E-state index in [0.29, 0.717) is 17.0 Å². The number of hydrogen-bond acceptors (Lipinski definition) is 6. The Bertz CT molecular complexity index is 968. The van der Waals surface area contributed by atoms with E-state index in [-0.39, 0.29) is 11.6 Å². The monoisotopic (exact) mass is 342 g/mol. The highest BCUT2D eigenvalue weighted by atomic mass is 16.1. The Morgan fingerprint density at radius 2 is 2.16 bits per heavy atom. The number of nitrogens with zero attached hydrogens (tertiary/aromatic N) is 6. The van der Waals surface area contributed by atoms with Gasteiger partial charge < -0.3 is 10.2 Å². The van der Waals surface area contributed by atoms with Gasteiger partial charge in [-0.25, -0.2) is 0 Å². The largest absolute Gasteiger partial charge is 0.355 e. The van der Waals surface area contributed by atoms with Crippen LogP contribution in [0.25, 0.3) is 11.0 Å². The van der Waals surface area contributed by atoms with Crippen molar-refractivity contribution in [2.45, 2.75) is 25.8 Å². The molecule has 1 fully saturated rings. The number of aromatic nitrogens is 6. The van der Waals surface area contributed by atoms with Crippen molar-refractivity contribution < 1.29 is 0 Å². The fraction of sp³-hybridized carbons (Fsp3) is 0.500. The van der Waals surface area contributed by atoms with E-state index < -0.39 is 0 Å². The molecule has 4 heterocycles. The number of fused-ring (bicyclic) bond motifs is 1. The predicted octanol–water partition coefficient (Wildman–Crippen LogP) is 0.779. The van der Waals surface area contributed by atoms with Crippen LogP contribution in [0.4, 0.5) is 11.8 Å². The Morgan fingerprint density at radius 1 is 1.32 bits per heavy atom. The minimum atomic E-state index is -0.171. The maximum atomic E-state index is 12.2. The first kappa shape index (κ1) is 15.7. The lowest BCUT2D eigenvalue weighted by Gasteiger charge is -2.34. The SMILES string of the molecule is Cc1cc(N2CCCC(Nc3nc4c(cnn4C)c(=O)[nH]3)C2)n(C)n1. The second kappa shape index (κ2) is 5.91. The molecule has 2 N–H and O–H groups in total. The topological polar surface area (TPSA) is 96.7 Å². The third kappa shape index (κ3) is 2.86. The molecule has 0 spiro atoms. The first-order valence-electron chi connectivity index (χ1n) is 8.45. The number of nitrogens with one attached hydrogen (secondary N) is 2. The number of hydrogen-bond donors (Lipinski definition) is 2. The van der Waals surface area contributed by atoms with Crippen molar-refractivity contribution in [1.29, 1.82) is 0 Å². The molecule has 132 valence electrons. The van der Waals surface area contributed by atoms with Crippen molar-refractivity contribution in [2.24, 2.45) is 14.1 Å². The van der Waals surface area contributed by atoms with Crippen LogP contribution in [0.3, 0.4) is 0 Å². The maximum absolute atomic E-state index is 12.2. The van der Waals surface area contributed by atoms with Gasteiger partial charge in [0, 0.05) is 39.3 Å². The van der Waals surface area contributed by atoms with Gasteiger partial charge in [0.25, 0.3) is 5.56 Å².